The molecule has 0 atom stereocenters. The van der Waals surface area contributed by atoms with Crippen molar-refractivity contribution in [1.82, 2.24) is 0 Å². The van der Waals surface area contributed by atoms with Crippen molar-refractivity contribution in [2.75, 3.05) is 0 Å². The molecule has 54 valence electrons. The fourth-order valence-electron chi connectivity index (χ4n) is 0.340. The van der Waals surface area contributed by atoms with Gasteiger partial charge in [-0.3, -0.25) is 6.08 Å². The minimum absolute atomic E-state index is 0. The van der Waals surface area contributed by atoms with Gasteiger partial charge in [-0.2, -0.15) is 6.08 Å². The van der Waals surface area contributed by atoms with Gasteiger partial charge in [0.05, 0.1) is 0 Å². The fraction of sp³-hybridized carbons (Fsp3) is 0.200. The van der Waals surface area contributed by atoms with Crippen LogP contribution in [0.15, 0.2) is 18.2 Å². The molecule has 0 N–H and O–H groups in total. The van der Waals surface area contributed by atoms with Gasteiger partial charge in [-0.25, -0.2) is 12.2 Å². The second-order valence-corrected chi connectivity index (χ2v) is 1.00. The molecule has 0 bridgehead atoms. The molecule has 4 heteroatoms. The maximum absolute atomic E-state index is 2.99. The molecule has 9 heavy (non-hydrogen) atoms. The predicted molar refractivity (Wildman–Crippen MR) is 43.3 cm³/mol. The van der Waals surface area contributed by atoms with Crippen LogP contribution in [0, 0.1) is 6.08 Å². The quantitative estimate of drug-likeness (QED) is 0.464. The zero-order valence-electron chi connectivity index (χ0n) is 4.66. The number of halogens is 3. The Morgan fingerprint density at radius 3 is 1.78 bits per heavy atom. The van der Waals surface area contributed by atoms with Gasteiger partial charge in [0.25, 0.3) is 0 Å². The van der Waals surface area contributed by atoms with Crippen molar-refractivity contribution in [2.45, 2.75) is 6.42 Å². The number of allylic oxidation sites excluding steroid dienone is 4. The number of rotatable bonds is 0. The average molecular weight is 353 g/mol. The molecule has 0 saturated carbocycles. The van der Waals surface area contributed by atoms with Crippen molar-refractivity contribution >= 4 is 37.2 Å². The molecule has 0 saturated heterocycles. The number of hydrogen-bond acceptors (Lipinski definition) is 0. The van der Waals surface area contributed by atoms with Crippen LogP contribution in [-0.2, 0) is 25.8 Å². The van der Waals surface area contributed by atoms with E-state index in [4.69, 9.17) is 0 Å². The Morgan fingerprint density at radius 1 is 1.11 bits per heavy atom. The molecular weight excluding hydrogens is 345 g/mol. The maximum atomic E-state index is 2.99. The molecule has 0 unspecified atom stereocenters. The second-order valence-electron chi connectivity index (χ2n) is 1.00. The molecular formula is C5H8Cl3Hf-. The van der Waals surface area contributed by atoms with Crippen LogP contribution in [0.25, 0.3) is 0 Å². The summed E-state index contributed by atoms with van der Waals surface area (Å²) in [6.07, 6.45) is 10.0. The van der Waals surface area contributed by atoms with E-state index >= 15 is 0 Å². The Morgan fingerprint density at radius 2 is 1.67 bits per heavy atom. The van der Waals surface area contributed by atoms with Gasteiger partial charge in [0.2, 0.25) is 0 Å². The van der Waals surface area contributed by atoms with E-state index < -0.39 is 0 Å². The number of hydrogen-bond donors (Lipinski definition) is 0. The standard InChI is InChI=1S/C5H5.3ClH.Hf/c1-2-4-5-3-1;;;;/h1-3H,4H2;3*1H;/q-1;;;;. The fourth-order valence-corrected chi connectivity index (χ4v) is 0.340. The molecule has 0 nitrogen and oxygen atoms in total. The first kappa shape index (κ1) is 22.5. The maximum Gasteiger partial charge on any atom is 0 e. The molecule has 0 spiro atoms. The van der Waals surface area contributed by atoms with Crippen LogP contribution in [0.1, 0.15) is 6.42 Å². The van der Waals surface area contributed by atoms with Gasteiger partial charge >= 0.3 is 0 Å². The summed E-state index contributed by atoms with van der Waals surface area (Å²) in [6, 6.07) is 0. The van der Waals surface area contributed by atoms with Crippen molar-refractivity contribution in [3.05, 3.63) is 24.3 Å². The second kappa shape index (κ2) is 16.1. The Bertz CT molecular complexity index is 70.3. The SMILES string of the molecule is Cl.Cl.Cl.[C-]1=CC=CC1.[Hf]. The smallest absolute Gasteiger partial charge is 0 e. The third kappa shape index (κ3) is 12.4. The van der Waals surface area contributed by atoms with Gasteiger partial charge in [-0.05, 0) is 0 Å². The first-order valence-corrected chi connectivity index (χ1v) is 1.72. The Labute approximate surface area is 93.2 Å². The van der Waals surface area contributed by atoms with E-state index in [1.807, 2.05) is 12.2 Å². The molecule has 0 radical (unpaired) electrons. The third-order valence-corrected chi connectivity index (χ3v) is 0.586. The zero-order chi connectivity index (χ0) is 3.54. The molecule has 0 heterocycles. The van der Waals surface area contributed by atoms with Crippen molar-refractivity contribution < 1.29 is 25.8 Å². The van der Waals surface area contributed by atoms with E-state index in [0.29, 0.717) is 0 Å². The summed E-state index contributed by atoms with van der Waals surface area (Å²) in [4.78, 5) is 0. The van der Waals surface area contributed by atoms with Gasteiger partial charge in [0, 0.05) is 25.8 Å². The van der Waals surface area contributed by atoms with Gasteiger partial charge in [0.1, 0.15) is 0 Å². The molecule has 0 aromatic rings. The van der Waals surface area contributed by atoms with Crippen LogP contribution in [-0.4, -0.2) is 0 Å². The molecule has 0 amide bonds. The third-order valence-electron chi connectivity index (χ3n) is 0.586. The molecule has 1 aliphatic rings. The molecule has 1 aliphatic carbocycles. The Balaban J connectivity index is -0.0000000312. The van der Waals surface area contributed by atoms with Crippen molar-refractivity contribution in [1.29, 1.82) is 0 Å². The van der Waals surface area contributed by atoms with Gasteiger partial charge in [-0.1, -0.05) is 0 Å². The molecule has 0 fully saturated rings. The van der Waals surface area contributed by atoms with Crippen LogP contribution >= 0.6 is 37.2 Å². The first-order chi connectivity index (χ1) is 2.50. The summed E-state index contributed by atoms with van der Waals surface area (Å²) >= 11 is 0. The van der Waals surface area contributed by atoms with Crippen molar-refractivity contribution in [2.24, 2.45) is 0 Å². The van der Waals surface area contributed by atoms with E-state index in [2.05, 4.69) is 12.2 Å². The summed E-state index contributed by atoms with van der Waals surface area (Å²) in [5.74, 6) is 0. The van der Waals surface area contributed by atoms with Crippen LogP contribution in [0.3, 0.4) is 0 Å². The van der Waals surface area contributed by atoms with Crippen molar-refractivity contribution in [3.8, 4) is 0 Å². The topological polar surface area (TPSA) is 0 Å². The normalized spacial score (nSPS) is 9.78. The Kier molecular flexibility index (Phi) is 40.2. The molecule has 0 aromatic carbocycles. The average Bonchev–Trinajstić information content (AvgIpc) is 1.76. The van der Waals surface area contributed by atoms with E-state index in [9.17, 15) is 0 Å². The van der Waals surface area contributed by atoms with Gasteiger partial charge < -0.3 is 0 Å². The van der Waals surface area contributed by atoms with Crippen LogP contribution < -0.4 is 0 Å². The molecule has 0 aromatic heterocycles. The summed E-state index contributed by atoms with van der Waals surface area (Å²) in [5, 5.41) is 0. The Hall–Kier alpha value is 1.22. The van der Waals surface area contributed by atoms with E-state index in [0.717, 1.165) is 6.42 Å². The molecule has 0 aliphatic heterocycles. The predicted octanol–water partition coefficient (Wildman–Crippen LogP) is 2.57. The summed E-state index contributed by atoms with van der Waals surface area (Å²) in [5.41, 5.74) is 0. The van der Waals surface area contributed by atoms with E-state index in [1.165, 1.54) is 0 Å². The minimum Gasteiger partial charge on any atom is -0.273 e. The minimum atomic E-state index is 0. The monoisotopic (exact) mass is 353 g/mol. The first-order valence-electron chi connectivity index (χ1n) is 1.72. The van der Waals surface area contributed by atoms with Crippen LogP contribution in [0.2, 0.25) is 0 Å². The summed E-state index contributed by atoms with van der Waals surface area (Å²) in [6.45, 7) is 0. The zero-order valence-corrected chi connectivity index (χ0v) is 10.7. The van der Waals surface area contributed by atoms with Crippen LogP contribution in [0.4, 0.5) is 0 Å². The van der Waals surface area contributed by atoms with Gasteiger partial charge in [-0.15, -0.1) is 43.6 Å². The van der Waals surface area contributed by atoms with E-state index in [1.54, 1.807) is 0 Å². The summed E-state index contributed by atoms with van der Waals surface area (Å²) in [7, 11) is 0. The molecule has 1 rings (SSSR count). The van der Waals surface area contributed by atoms with Crippen molar-refractivity contribution in [3.63, 3.8) is 0 Å². The van der Waals surface area contributed by atoms with Gasteiger partial charge in [0.15, 0.2) is 0 Å². The summed E-state index contributed by atoms with van der Waals surface area (Å²) < 4.78 is 0. The van der Waals surface area contributed by atoms with Crippen LogP contribution in [0.5, 0.6) is 0 Å². The largest absolute Gasteiger partial charge is 0.273 e. The van der Waals surface area contributed by atoms with E-state index in [-0.39, 0.29) is 63.1 Å².